The minimum absolute atomic E-state index is 0.105. The first-order valence-corrected chi connectivity index (χ1v) is 8.52. The van der Waals surface area contributed by atoms with Gasteiger partial charge in [0.2, 0.25) is 0 Å². The molecule has 0 fully saturated rings. The van der Waals surface area contributed by atoms with Crippen LogP contribution in [0.15, 0.2) is 48.5 Å². The van der Waals surface area contributed by atoms with Crippen LogP contribution in [0.25, 0.3) is 5.69 Å². The first kappa shape index (κ1) is 16.7. The zero-order valence-electron chi connectivity index (χ0n) is 14.6. The summed E-state index contributed by atoms with van der Waals surface area (Å²) in [6, 6.07) is 15.2. The van der Waals surface area contributed by atoms with Crippen molar-refractivity contribution < 1.29 is 14.5 Å². The van der Waals surface area contributed by atoms with E-state index in [2.05, 4.69) is 10.3 Å². The Hall–Kier alpha value is -2.77. The zero-order chi connectivity index (χ0) is 18.3. The van der Waals surface area contributed by atoms with Crippen molar-refractivity contribution in [3.8, 4) is 5.69 Å². The van der Waals surface area contributed by atoms with E-state index < -0.39 is 7.12 Å². The topological polar surface area (TPSA) is 77.2 Å². The van der Waals surface area contributed by atoms with Gasteiger partial charge < -0.3 is 9.68 Å². The van der Waals surface area contributed by atoms with Gasteiger partial charge in [0, 0.05) is 6.42 Å². The fourth-order valence-electron chi connectivity index (χ4n) is 3.33. The van der Waals surface area contributed by atoms with E-state index in [0.29, 0.717) is 11.4 Å². The Balaban J connectivity index is 1.58. The number of fused-ring (bicyclic) bond motifs is 1. The van der Waals surface area contributed by atoms with Gasteiger partial charge in [-0.15, -0.1) is 5.10 Å². The Kier molecular flexibility index (Phi) is 4.18. The van der Waals surface area contributed by atoms with Gasteiger partial charge in [0.25, 0.3) is 0 Å². The van der Waals surface area contributed by atoms with Crippen LogP contribution in [-0.4, -0.2) is 32.9 Å². The minimum Gasteiger partial charge on any atom is -0.423 e. The summed E-state index contributed by atoms with van der Waals surface area (Å²) in [5, 5.41) is 18.2. The highest BCUT2D eigenvalue weighted by Gasteiger charge is 2.32. The van der Waals surface area contributed by atoms with Gasteiger partial charge >= 0.3 is 7.12 Å². The molecule has 7 heteroatoms. The molecule has 0 saturated heterocycles. The minimum atomic E-state index is -0.934. The lowest BCUT2D eigenvalue weighted by Crippen LogP contribution is -2.28. The molecule has 1 aliphatic heterocycles. The Morgan fingerprint density at radius 1 is 1.27 bits per heavy atom. The van der Waals surface area contributed by atoms with Gasteiger partial charge in [0.05, 0.1) is 17.5 Å². The maximum absolute atomic E-state index is 12.7. The highest BCUT2D eigenvalue weighted by Crippen LogP contribution is 2.23. The van der Waals surface area contributed by atoms with Crippen LogP contribution in [0.3, 0.4) is 0 Å². The lowest BCUT2D eigenvalue weighted by atomic mass is 9.78. The van der Waals surface area contributed by atoms with Gasteiger partial charge in [0.1, 0.15) is 0 Å². The summed E-state index contributed by atoms with van der Waals surface area (Å²) >= 11 is 0. The molecule has 1 aliphatic rings. The second-order valence-electron chi connectivity index (χ2n) is 6.46. The predicted octanol–water partition coefficient (Wildman–Crippen LogP) is 1.78. The lowest BCUT2D eigenvalue weighted by Gasteiger charge is -2.06. The largest absolute Gasteiger partial charge is 0.491 e. The molecule has 1 aromatic heterocycles. The highest BCUT2D eigenvalue weighted by atomic mass is 16.5. The Morgan fingerprint density at radius 3 is 2.81 bits per heavy atom. The summed E-state index contributed by atoms with van der Waals surface area (Å²) in [5.41, 5.74) is 4.44. The van der Waals surface area contributed by atoms with Gasteiger partial charge in [-0.3, -0.25) is 4.79 Å². The number of ketones is 1. The molecule has 1 N–H and O–H groups in total. The Bertz CT molecular complexity index is 971. The summed E-state index contributed by atoms with van der Waals surface area (Å²) in [6.45, 7) is 3.73. The summed E-state index contributed by atoms with van der Waals surface area (Å²) in [5.74, 6) is -0.105. The number of aromatic nitrogens is 3. The van der Waals surface area contributed by atoms with E-state index in [1.807, 2.05) is 62.4 Å². The van der Waals surface area contributed by atoms with Crippen LogP contribution in [0.4, 0.5) is 0 Å². The first-order valence-electron chi connectivity index (χ1n) is 8.52. The molecule has 130 valence electrons. The number of carbonyl (C=O) groups excluding carboxylic acids is 1. The molecular formula is C19H18BN3O3. The Morgan fingerprint density at radius 2 is 2.04 bits per heavy atom. The molecule has 0 amide bonds. The number of rotatable bonds is 4. The van der Waals surface area contributed by atoms with Crippen molar-refractivity contribution in [3.63, 3.8) is 0 Å². The third-order valence-electron chi connectivity index (χ3n) is 4.71. The summed E-state index contributed by atoms with van der Waals surface area (Å²) < 4.78 is 7.05. The summed E-state index contributed by atoms with van der Waals surface area (Å²) in [4.78, 5) is 12.7. The van der Waals surface area contributed by atoms with Crippen LogP contribution < -0.4 is 5.46 Å². The van der Waals surface area contributed by atoms with Crippen LogP contribution >= 0.6 is 0 Å². The molecule has 0 bridgehead atoms. The van der Waals surface area contributed by atoms with Crippen molar-refractivity contribution in [2.75, 3.05) is 0 Å². The number of hydrogen-bond acceptors (Lipinski definition) is 5. The average molecular weight is 347 g/mol. The van der Waals surface area contributed by atoms with E-state index in [0.717, 1.165) is 22.3 Å². The maximum atomic E-state index is 12.7. The number of carbonyl (C=O) groups is 1. The van der Waals surface area contributed by atoms with Crippen molar-refractivity contribution in [2.24, 2.45) is 0 Å². The normalized spacial score (nSPS) is 16.0. The van der Waals surface area contributed by atoms with Gasteiger partial charge in [-0.2, -0.15) is 0 Å². The molecule has 1 unspecified atom stereocenters. The third-order valence-corrected chi connectivity index (χ3v) is 4.71. The fraction of sp³-hybridized carbons (Fsp3) is 0.211. The van der Waals surface area contributed by atoms with Gasteiger partial charge in [-0.25, -0.2) is 4.68 Å². The molecule has 3 aromatic rings. The molecule has 6 nitrogen and oxygen atoms in total. The molecule has 0 spiro atoms. The van der Waals surface area contributed by atoms with E-state index in [9.17, 15) is 9.82 Å². The molecule has 0 radical (unpaired) electrons. The molecule has 1 atom stereocenters. The number of benzene rings is 2. The number of Topliss-reactive ketones (excluding diaryl/α,β-unsaturated/α-hetero) is 1. The van der Waals surface area contributed by atoms with Crippen molar-refractivity contribution in [3.05, 3.63) is 71.0 Å². The second kappa shape index (κ2) is 6.51. The molecule has 2 aromatic carbocycles. The van der Waals surface area contributed by atoms with Crippen molar-refractivity contribution in [1.29, 1.82) is 0 Å². The molecular weight excluding hydrogens is 329 g/mol. The smallest absolute Gasteiger partial charge is 0.423 e. The predicted molar refractivity (Wildman–Crippen MR) is 97.7 cm³/mol. The molecule has 2 heterocycles. The van der Waals surface area contributed by atoms with E-state index in [1.54, 1.807) is 4.68 Å². The zero-order valence-corrected chi connectivity index (χ0v) is 14.6. The average Bonchev–Trinajstić information content (AvgIpc) is 3.16. The number of nitrogens with zero attached hydrogens (tertiary/aromatic N) is 3. The van der Waals surface area contributed by atoms with E-state index >= 15 is 0 Å². The van der Waals surface area contributed by atoms with Gasteiger partial charge in [-0.1, -0.05) is 41.6 Å². The van der Waals surface area contributed by atoms with E-state index in [4.69, 9.17) is 4.65 Å². The van der Waals surface area contributed by atoms with Crippen molar-refractivity contribution in [1.82, 2.24) is 15.0 Å². The molecule has 4 rings (SSSR count). The molecule has 26 heavy (non-hydrogen) atoms. The SMILES string of the molecule is Cc1c(C(=O)Cc2ccc3c(c2)B(O)OC3C)nnn1-c1ccccc1. The second-order valence-corrected chi connectivity index (χ2v) is 6.46. The summed E-state index contributed by atoms with van der Waals surface area (Å²) in [6.07, 6.45) is 0.0562. The van der Waals surface area contributed by atoms with Crippen LogP contribution in [0.2, 0.25) is 0 Å². The summed E-state index contributed by atoms with van der Waals surface area (Å²) in [7, 11) is -0.934. The van der Waals surface area contributed by atoms with Crippen LogP contribution in [0.5, 0.6) is 0 Å². The van der Waals surface area contributed by atoms with Gasteiger partial charge in [0.15, 0.2) is 11.5 Å². The van der Waals surface area contributed by atoms with E-state index in [-0.39, 0.29) is 18.3 Å². The Labute approximate surface area is 151 Å². The highest BCUT2D eigenvalue weighted by molar-refractivity contribution is 6.61. The maximum Gasteiger partial charge on any atom is 0.491 e. The van der Waals surface area contributed by atoms with Crippen LogP contribution in [0.1, 0.15) is 40.3 Å². The molecule has 0 saturated carbocycles. The number of para-hydroxylation sites is 1. The fourth-order valence-corrected chi connectivity index (χ4v) is 3.33. The third kappa shape index (κ3) is 2.85. The number of hydrogen-bond donors (Lipinski definition) is 1. The van der Waals surface area contributed by atoms with Crippen molar-refractivity contribution in [2.45, 2.75) is 26.4 Å². The van der Waals surface area contributed by atoms with Crippen molar-refractivity contribution >= 4 is 18.4 Å². The monoisotopic (exact) mass is 347 g/mol. The molecule has 0 aliphatic carbocycles. The van der Waals surface area contributed by atoms with Crippen LogP contribution in [-0.2, 0) is 11.1 Å². The van der Waals surface area contributed by atoms with Crippen LogP contribution in [0, 0.1) is 6.92 Å². The van der Waals surface area contributed by atoms with E-state index in [1.165, 1.54) is 0 Å². The lowest BCUT2D eigenvalue weighted by molar-refractivity contribution is 0.0987. The quantitative estimate of drug-likeness (QED) is 0.575. The first-order chi connectivity index (χ1) is 12.5. The van der Waals surface area contributed by atoms with Gasteiger partial charge in [-0.05, 0) is 42.6 Å². The standard InChI is InChI=1S/C19H18BN3O3/c1-12-19(21-22-23(12)15-6-4-3-5-7-15)18(24)11-14-8-9-16-13(2)26-20(25)17(16)10-14/h3-10,13,25H,11H2,1-2H3.